The van der Waals surface area contributed by atoms with Crippen molar-refractivity contribution < 1.29 is 24.1 Å². The van der Waals surface area contributed by atoms with Crippen molar-refractivity contribution in [1.29, 1.82) is 0 Å². The molecule has 2 atom stereocenters. The summed E-state index contributed by atoms with van der Waals surface area (Å²) in [5, 5.41) is 24.4. The summed E-state index contributed by atoms with van der Waals surface area (Å²) in [4.78, 5) is 25.7. The van der Waals surface area contributed by atoms with Gasteiger partial charge in [0.1, 0.15) is 29.0 Å². The Kier molecular flexibility index (Phi) is 6.41. The predicted octanol–water partition coefficient (Wildman–Crippen LogP) is 4.41. The first-order valence-electron chi connectivity index (χ1n) is 12.7. The van der Waals surface area contributed by atoms with Gasteiger partial charge in [0.15, 0.2) is 0 Å². The Bertz CT molecular complexity index is 1530. The Morgan fingerprint density at radius 1 is 1.08 bits per heavy atom. The standard InChI is InChI=1S/C29H26FN5O4/c30-19-8-6-18(7-9-19)26-25(23-10-14-31-28(33-23)32-20-4-2-1-3-5-20)34-27(29(38)12-13-29)35(26)15-11-22-16-21(36)17-24(37)39-22/h1-11,14-15,21-22,36,38H,12-13,16-17H2,(H,31,32,33)/t21-,22-/m1/s1. The number of hydrogen-bond acceptors (Lipinski definition) is 8. The number of hydrogen-bond donors (Lipinski definition) is 3. The van der Waals surface area contributed by atoms with Crippen molar-refractivity contribution in [3.8, 4) is 22.6 Å². The van der Waals surface area contributed by atoms with Crippen LogP contribution in [0.5, 0.6) is 0 Å². The fourth-order valence-corrected chi connectivity index (χ4v) is 4.62. The highest BCUT2D eigenvalue weighted by Crippen LogP contribution is 2.47. The van der Waals surface area contributed by atoms with Gasteiger partial charge in [-0.25, -0.2) is 19.3 Å². The van der Waals surface area contributed by atoms with Crippen LogP contribution < -0.4 is 5.32 Å². The van der Waals surface area contributed by atoms with Gasteiger partial charge in [-0.05, 0) is 61.4 Å². The zero-order valence-electron chi connectivity index (χ0n) is 20.9. The lowest BCUT2D eigenvalue weighted by atomic mass is 10.1. The maximum absolute atomic E-state index is 13.9. The van der Waals surface area contributed by atoms with E-state index in [1.165, 1.54) is 12.1 Å². The van der Waals surface area contributed by atoms with Gasteiger partial charge in [0, 0.05) is 30.1 Å². The summed E-state index contributed by atoms with van der Waals surface area (Å²) < 4.78 is 21.0. The average molecular weight is 528 g/mol. The smallest absolute Gasteiger partial charge is 0.309 e. The number of nitrogens with zero attached hydrogens (tertiary/aromatic N) is 4. The lowest BCUT2D eigenvalue weighted by molar-refractivity contribution is -0.156. The molecule has 0 radical (unpaired) electrons. The minimum absolute atomic E-state index is 0.0432. The minimum atomic E-state index is -1.14. The Labute approximate surface area is 223 Å². The molecule has 0 spiro atoms. The maximum Gasteiger partial charge on any atom is 0.309 e. The highest BCUT2D eigenvalue weighted by molar-refractivity contribution is 5.80. The Morgan fingerprint density at radius 2 is 1.85 bits per heavy atom. The fourth-order valence-electron chi connectivity index (χ4n) is 4.62. The number of aliphatic hydroxyl groups excluding tert-OH is 1. The molecule has 198 valence electrons. The molecule has 0 amide bonds. The molecule has 0 unspecified atom stereocenters. The number of carbonyl (C=O) groups is 1. The van der Waals surface area contributed by atoms with Gasteiger partial charge in [-0.2, -0.15) is 0 Å². The molecule has 39 heavy (non-hydrogen) atoms. The number of aromatic nitrogens is 4. The van der Waals surface area contributed by atoms with Crippen LogP contribution in [0.25, 0.3) is 28.8 Å². The predicted molar refractivity (Wildman–Crippen MR) is 142 cm³/mol. The van der Waals surface area contributed by atoms with E-state index >= 15 is 0 Å². The maximum atomic E-state index is 13.9. The zero-order valence-corrected chi connectivity index (χ0v) is 20.9. The Hall–Kier alpha value is -4.41. The number of anilines is 2. The number of para-hydroxylation sites is 1. The van der Waals surface area contributed by atoms with E-state index in [0.717, 1.165) is 5.69 Å². The number of halogens is 1. The number of ether oxygens (including phenoxy) is 1. The van der Waals surface area contributed by atoms with E-state index in [1.54, 1.807) is 41.2 Å². The summed E-state index contributed by atoms with van der Waals surface area (Å²) in [6.07, 6.45) is 4.80. The number of rotatable bonds is 7. The second-order valence-corrected chi connectivity index (χ2v) is 9.76. The third kappa shape index (κ3) is 5.29. The number of cyclic esters (lactones) is 1. The molecule has 1 saturated heterocycles. The molecular weight excluding hydrogens is 501 g/mol. The van der Waals surface area contributed by atoms with Crippen LogP contribution in [-0.4, -0.2) is 47.9 Å². The second-order valence-electron chi connectivity index (χ2n) is 9.76. The largest absolute Gasteiger partial charge is 0.458 e. The van der Waals surface area contributed by atoms with Crippen molar-refractivity contribution in [2.24, 2.45) is 0 Å². The van der Waals surface area contributed by atoms with Gasteiger partial charge in [0.2, 0.25) is 5.95 Å². The van der Waals surface area contributed by atoms with Gasteiger partial charge >= 0.3 is 5.97 Å². The zero-order chi connectivity index (χ0) is 27.0. The van der Waals surface area contributed by atoms with Crippen molar-refractivity contribution in [3.63, 3.8) is 0 Å². The van der Waals surface area contributed by atoms with E-state index in [0.29, 0.717) is 47.3 Å². The molecule has 2 aromatic carbocycles. The molecule has 2 aromatic heterocycles. The van der Waals surface area contributed by atoms with Crippen molar-refractivity contribution in [2.75, 3.05) is 5.32 Å². The van der Waals surface area contributed by atoms with Crippen molar-refractivity contribution >= 4 is 23.8 Å². The van der Waals surface area contributed by atoms with Crippen molar-refractivity contribution in [3.05, 3.63) is 84.6 Å². The quantitative estimate of drug-likeness (QED) is 0.302. The minimum Gasteiger partial charge on any atom is -0.458 e. The van der Waals surface area contributed by atoms with E-state index in [9.17, 15) is 19.4 Å². The van der Waals surface area contributed by atoms with Crippen LogP contribution >= 0.6 is 0 Å². The molecule has 10 heteroatoms. The van der Waals surface area contributed by atoms with Gasteiger partial charge in [-0.15, -0.1) is 0 Å². The van der Waals surface area contributed by atoms with Crippen LogP contribution in [0.2, 0.25) is 0 Å². The van der Waals surface area contributed by atoms with Crippen LogP contribution in [-0.2, 0) is 15.1 Å². The number of aliphatic hydroxyl groups is 2. The topological polar surface area (TPSA) is 122 Å². The average Bonchev–Trinajstić information content (AvgIpc) is 3.55. The fraction of sp³-hybridized carbons (Fsp3) is 0.241. The molecule has 3 heterocycles. The van der Waals surface area contributed by atoms with Crippen LogP contribution in [0, 0.1) is 5.82 Å². The third-order valence-electron chi connectivity index (χ3n) is 6.74. The molecule has 9 nitrogen and oxygen atoms in total. The third-order valence-corrected chi connectivity index (χ3v) is 6.74. The first-order valence-corrected chi connectivity index (χ1v) is 12.7. The lowest BCUT2D eigenvalue weighted by Crippen LogP contribution is -2.31. The summed E-state index contributed by atoms with van der Waals surface area (Å²) in [6, 6.07) is 17.2. The lowest BCUT2D eigenvalue weighted by Gasteiger charge is -2.23. The molecular formula is C29H26FN5O4. The SMILES string of the molecule is O=C1C[C@H](O)C[C@@H](C=Cn2c(C3(O)CC3)nc(-c3ccnc(Nc4ccccc4)n3)c2-c2ccc(F)cc2)O1. The van der Waals surface area contributed by atoms with Gasteiger partial charge in [0.05, 0.1) is 23.9 Å². The highest BCUT2D eigenvalue weighted by atomic mass is 19.1. The first kappa shape index (κ1) is 24.9. The number of nitrogens with one attached hydrogen (secondary N) is 1. The summed E-state index contributed by atoms with van der Waals surface area (Å²) in [6.45, 7) is 0. The summed E-state index contributed by atoms with van der Waals surface area (Å²) >= 11 is 0. The summed E-state index contributed by atoms with van der Waals surface area (Å²) in [5.41, 5.74) is 1.88. The van der Waals surface area contributed by atoms with E-state index in [1.807, 2.05) is 30.3 Å². The summed E-state index contributed by atoms with van der Waals surface area (Å²) in [5.74, 6) is -0.105. The monoisotopic (exact) mass is 527 g/mol. The van der Waals surface area contributed by atoms with Gasteiger partial charge in [-0.1, -0.05) is 18.2 Å². The Balaban J connectivity index is 1.47. The Morgan fingerprint density at radius 3 is 2.56 bits per heavy atom. The van der Waals surface area contributed by atoms with Gasteiger partial charge < -0.3 is 24.8 Å². The van der Waals surface area contributed by atoms with Crippen molar-refractivity contribution in [2.45, 2.75) is 43.5 Å². The molecule has 3 N–H and O–H groups in total. The highest BCUT2D eigenvalue weighted by Gasteiger charge is 2.47. The van der Waals surface area contributed by atoms with E-state index < -0.39 is 23.8 Å². The number of esters is 1. The molecule has 2 aliphatic rings. The molecule has 2 fully saturated rings. The van der Waals surface area contributed by atoms with E-state index in [4.69, 9.17) is 9.72 Å². The number of carbonyl (C=O) groups excluding carboxylic acids is 1. The molecule has 1 aliphatic carbocycles. The van der Waals surface area contributed by atoms with Crippen LogP contribution in [0.4, 0.5) is 16.0 Å². The van der Waals surface area contributed by atoms with Crippen LogP contribution in [0.3, 0.4) is 0 Å². The number of benzene rings is 2. The first-order chi connectivity index (χ1) is 18.9. The summed E-state index contributed by atoms with van der Waals surface area (Å²) in [7, 11) is 0. The second kappa shape index (κ2) is 10.0. The van der Waals surface area contributed by atoms with E-state index in [2.05, 4.69) is 15.3 Å². The van der Waals surface area contributed by atoms with Crippen LogP contribution in [0.1, 0.15) is 31.5 Å². The molecule has 6 rings (SSSR count). The van der Waals surface area contributed by atoms with Gasteiger partial charge in [0.25, 0.3) is 0 Å². The molecule has 1 saturated carbocycles. The van der Waals surface area contributed by atoms with Crippen molar-refractivity contribution in [1.82, 2.24) is 19.5 Å². The van der Waals surface area contributed by atoms with Crippen LogP contribution in [0.15, 0.2) is 72.9 Å². The van der Waals surface area contributed by atoms with E-state index in [-0.39, 0.29) is 18.7 Å². The molecule has 1 aliphatic heterocycles. The number of imidazole rings is 1. The molecule has 4 aromatic rings. The normalized spacial score (nSPS) is 20.1. The molecule has 0 bridgehead atoms. The van der Waals surface area contributed by atoms with Gasteiger partial charge in [-0.3, -0.25) is 4.79 Å².